The van der Waals surface area contributed by atoms with Gasteiger partial charge in [0.05, 0.1) is 11.7 Å². The number of benzene rings is 2. The third-order valence-electron chi connectivity index (χ3n) is 7.74. The molecular formula is C35H29F3N6O3. The lowest BCUT2D eigenvalue weighted by Crippen LogP contribution is -2.26. The number of carbonyl (C=O) groups excluding carboxylic acids is 1. The van der Waals surface area contributed by atoms with Crippen LogP contribution in [-0.2, 0) is 0 Å². The number of amides is 1. The Labute approximate surface area is 267 Å². The fraction of sp³-hybridized carbons (Fsp3) is 0.171. The van der Waals surface area contributed by atoms with E-state index in [4.69, 9.17) is 4.74 Å². The Kier molecular flexibility index (Phi) is 8.33. The van der Waals surface area contributed by atoms with Crippen molar-refractivity contribution in [3.63, 3.8) is 0 Å². The lowest BCUT2D eigenvalue weighted by molar-refractivity contribution is 0.0566. The molecule has 0 aliphatic rings. The highest BCUT2D eigenvalue weighted by atomic mass is 19.3. The first-order valence-corrected chi connectivity index (χ1v) is 14.7. The van der Waals surface area contributed by atoms with Crippen molar-refractivity contribution in [1.29, 1.82) is 0 Å². The van der Waals surface area contributed by atoms with Gasteiger partial charge in [-0.1, -0.05) is 12.1 Å². The van der Waals surface area contributed by atoms with Gasteiger partial charge >= 0.3 is 6.55 Å². The summed E-state index contributed by atoms with van der Waals surface area (Å²) in [5.41, 5.74) is 4.12. The first-order valence-electron chi connectivity index (χ1n) is 14.7. The number of hydrogen-bond donors (Lipinski definition) is 1. The molecule has 4 aromatic heterocycles. The summed E-state index contributed by atoms with van der Waals surface area (Å²) in [4.78, 5) is 36.0. The molecule has 1 amide bonds. The van der Waals surface area contributed by atoms with E-state index < -0.39 is 23.7 Å². The molecule has 47 heavy (non-hydrogen) atoms. The Morgan fingerprint density at radius 1 is 0.957 bits per heavy atom. The molecule has 0 unspecified atom stereocenters. The predicted molar refractivity (Wildman–Crippen MR) is 172 cm³/mol. The highest BCUT2D eigenvalue weighted by Crippen LogP contribution is 2.33. The van der Waals surface area contributed by atoms with E-state index in [0.717, 1.165) is 0 Å². The van der Waals surface area contributed by atoms with Gasteiger partial charge in [-0.3, -0.25) is 14.6 Å². The zero-order valence-electron chi connectivity index (χ0n) is 25.8. The number of anilines is 1. The van der Waals surface area contributed by atoms with Crippen LogP contribution in [0.15, 0.2) is 90.2 Å². The highest BCUT2D eigenvalue weighted by molar-refractivity contribution is 6.04. The van der Waals surface area contributed by atoms with Crippen molar-refractivity contribution in [2.24, 2.45) is 0 Å². The molecule has 0 fully saturated rings. The molecule has 2 aromatic carbocycles. The van der Waals surface area contributed by atoms with E-state index in [1.807, 2.05) is 18.4 Å². The largest absolute Gasteiger partial charge is 0.455 e. The Morgan fingerprint density at radius 3 is 2.34 bits per heavy atom. The average molecular weight is 639 g/mol. The van der Waals surface area contributed by atoms with Gasteiger partial charge in [-0.15, -0.1) is 0 Å². The van der Waals surface area contributed by atoms with Crippen LogP contribution >= 0.6 is 0 Å². The normalized spacial score (nSPS) is 11.4. The molecule has 0 atom stereocenters. The summed E-state index contributed by atoms with van der Waals surface area (Å²) in [5.74, 6) is -0.135. The topological polar surface area (TPSA) is 104 Å². The summed E-state index contributed by atoms with van der Waals surface area (Å²) >= 11 is 0. The third-order valence-corrected chi connectivity index (χ3v) is 7.74. The van der Waals surface area contributed by atoms with E-state index in [2.05, 4.69) is 20.4 Å². The van der Waals surface area contributed by atoms with Crippen LogP contribution in [0, 0.1) is 19.7 Å². The quantitative estimate of drug-likeness (QED) is 0.181. The van der Waals surface area contributed by atoms with Gasteiger partial charge in [0.15, 0.2) is 5.75 Å². The second-order valence-corrected chi connectivity index (χ2v) is 11.2. The van der Waals surface area contributed by atoms with Gasteiger partial charge in [-0.05, 0) is 75.7 Å². The molecular weight excluding hydrogens is 609 g/mol. The van der Waals surface area contributed by atoms with E-state index in [-0.39, 0.29) is 11.6 Å². The number of alkyl halides is 2. The Bertz CT molecular complexity index is 2180. The van der Waals surface area contributed by atoms with E-state index in [1.165, 1.54) is 36.7 Å². The molecule has 0 aliphatic carbocycles. The average Bonchev–Trinajstić information content (AvgIpc) is 3.53. The maximum absolute atomic E-state index is 13.6. The summed E-state index contributed by atoms with van der Waals surface area (Å²) in [6.45, 7) is 4.70. The fourth-order valence-electron chi connectivity index (χ4n) is 5.41. The summed E-state index contributed by atoms with van der Waals surface area (Å²) in [7, 11) is 0. The Morgan fingerprint density at radius 2 is 1.68 bits per heavy atom. The molecule has 0 bridgehead atoms. The van der Waals surface area contributed by atoms with Crippen LogP contribution in [0.4, 0.5) is 18.9 Å². The van der Waals surface area contributed by atoms with Crippen molar-refractivity contribution >= 4 is 22.6 Å². The molecule has 6 aromatic rings. The molecule has 9 nitrogen and oxygen atoms in total. The van der Waals surface area contributed by atoms with E-state index >= 15 is 0 Å². The second kappa shape index (κ2) is 12.5. The summed E-state index contributed by atoms with van der Waals surface area (Å²) in [5, 5.41) is 6.49. The van der Waals surface area contributed by atoms with Crippen LogP contribution in [0.3, 0.4) is 0 Å². The number of aromatic nitrogens is 5. The minimum absolute atomic E-state index is 0.0450. The number of hydrogen-bond acceptors (Lipinski definition) is 6. The SMILES string of the molecule is Cc1nc2c(Oc3ccc(NC(=O)c4cn(C(C)C)c(C)c(-c5ccc(F)cc5)c4=O)cc3)ccnc2cc1-c1cnn(C(F)F)c1. The van der Waals surface area contributed by atoms with Gasteiger partial charge in [0.25, 0.3) is 5.91 Å². The van der Waals surface area contributed by atoms with Crippen molar-refractivity contribution in [3.8, 4) is 33.8 Å². The highest BCUT2D eigenvalue weighted by Gasteiger charge is 2.21. The lowest BCUT2D eigenvalue weighted by Gasteiger charge is -2.20. The molecule has 1 N–H and O–H groups in total. The van der Waals surface area contributed by atoms with Crippen molar-refractivity contribution in [3.05, 3.63) is 118 Å². The number of carbonyl (C=O) groups is 1. The number of rotatable bonds is 8. The zero-order valence-corrected chi connectivity index (χ0v) is 25.8. The van der Waals surface area contributed by atoms with Crippen molar-refractivity contribution in [2.75, 3.05) is 5.32 Å². The number of nitrogens with one attached hydrogen (secondary N) is 1. The number of pyridine rings is 3. The van der Waals surface area contributed by atoms with Crippen LogP contribution < -0.4 is 15.5 Å². The minimum Gasteiger partial charge on any atom is -0.455 e. The molecule has 238 valence electrons. The maximum atomic E-state index is 13.6. The van der Waals surface area contributed by atoms with Gasteiger partial charge in [0.1, 0.15) is 22.6 Å². The molecule has 0 saturated heterocycles. The van der Waals surface area contributed by atoms with Gasteiger partial charge in [-0.2, -0.15) is 13.9 Å². The predicted octanol–water partition coefficient (Wildman–Crippen LogP) is 8.10. The number of nitrogens with zero attached hydrogens (tertiary/aromatic N) is 5. The van der Waals surface area contributed by atoms with E-state index in [9.17, 15) is 22.8 Å². The van der Waals surface area contributed by atoms with Gasteiger partial charge in [0.2, 0.25) is 5.43 Å². The second-order valence-electron chi connectivity index (χ2n) is 11.2. The smallest absolute Gasteiger partial charge is 0.333 e. The standard InChI is InChI=1S/C35H29F3N6O3/c1-19(2)43-18-28(33(45)31(21(43)4)22-5-7-24(36)8-6-22)34(46)42-25-9-11-26(12-10-25)47-30-13-14-39-29-15-27(20(3)41-32(29)30)23-16-40-44(17-23)35(37)38/h5-19,35H,1-4H3,(H,42,46). The molecule has 12 heteroatoms. The number of aryl methyl sites for hydroxylation is 1. The summed E-state index contributed by atoms with van der Waals surface area (Å²) < 4.78 is 48.2. The molecule has 0 aliphatic heterocycles. The number of fused-ring (bicyclic) bond motifs is 1. The summed E-state index contributed by atoms with van der Waals surface area (Å²) in [6, 6.07) is 15.6. The van der Waals surface area contributed by atoms with Crippen LogP contribution in [-0.4, -0.2) is 30.2 Å². The zero-order chi connectivity index (χ0) is 33.4. The minimum atomic E-state index is -2.75. The molecule has 0 spiro atoms. The van der Waals surface area contributed by atoms with Crippen molar-refractivity contribution in [1.82, 2.24) is 24.3 Å². The molecule has 0 saturated carbocycles. The van der Waals surface area contributed by atoms with Gasteiger partial charge in [-0.25, -0.2) is 14.1 Å². The number of halogens is 3. The Balaban J connectivity index is 1.24. The number of ether oxygens (including phenoxy) is 1. The lowest BCUT2D eigenvalue weighted by atomic mass is 10.00. The van der Waals surface area contributed by atoms with E-state index in [0.29, 0.717) is 66.5 Å². The molecule has 6 rings (SSSR count). The van der Waals surface area contributed by atoms with Crippen LogP contribution in [0.25, 0.3) is 33.3 Å². The Hall–Kier alpha value is -5.78. The summed E-state index contributed by atoms with van der Waals surface area (Å²) in [6.07, 6.45) is 5.71. The van der Waals surface area contributed by atoms with Gasteiger partial charge < -0.3 is 14.6 Å². The first kappa shape index (κ1) is 31.2. The fourth-order valence-corrected chi connectivity index (χ4v) is 5.41. The van der Waals surface area contributed by atoms with E-state index in [1.54, 1.807) is 62.6 Å². The van der Waals surface area contributed by atoms with Crippen molar-refractivity contribution < 1.29 is 22.7 Å². The van der Waals surface area contributed by atoms with Crippen LogP contribution in [0.5, 0.6) is 11.5 Å². The first-order chi connectivity index (χ1) is 22.5. The third kappa shape index (κ3) is 6.22. The maximum Gasteiger partial charge on any atom is 0.333 e. The monoisotopic (exact) mass is 638 g/mol. The van der Waals surface area contributed by atoms with Gasteiger partial charge in [0, 0.05) is 64.5 Å². The van der Waals surface area contributed by atoms with Crippen LogP contribution in [0.2, 0.25) is 0 Å². The van der Waals surface area contributed by atoms with Crippen molar-refractivity contribution in [2.45, 2.75) is 40.3 Å². The van der Waals surface area contributed by atoms with Crippen LogP contribution in [0.1, 0.15) is 48.2 Å². The molecule has 0 radical (unpaired) electrons. The molecule has 4 heterocycles.